The second-order valence-corrected chi connectivity index (χ2v) is 7.05. The predicted molar refractivity (Wildman–Crippen MR) is 103 cm³/mol. The van der Waals surface area contributed by atoms with Gasteiger partial charge in [-0.1, -0.05) is 24.3 Å². The van der Waals surface area contributed by atoms with E-state index in [1.54, 1.807) is 0 Å². The third kappa shape index (κ3) is 3.77. The Morgan fingerprint density at radius 3 is 2.70 bits per heavy atom. The molecule has 2 aromatic carbocycles. The van der Waals surface area contributed by atoms with E-state index in [4.69, 9.17) is 13.9 Å². The summed E-state index contributed by atoms with van der Waals surface area (Å²) in [6.07, 6.45) is 1.11. The zero-order chi connectivity index (χ0) is 18.8. The van der Waals surface area contributed by atoms with Gasteiger partial charge in [-0.15, -0.1) is 0 Å². The molecule has 1 aliphatic heterocycles. The van der Waals surface area contributed by atoms with Gasteiger partial charge >= 0.3 is 0 Å². The van der Waals surface area contributed by atoms with Crippen LogP contribution in [0, 0.1) is 0 Å². The molecule has 1 aromatic heterocycles. The fourth-order valence-electron chi connectivity index (χ4n) is 3.33. The van der Waals surface area contributed by atoms with Gasteiger partial charge in [-0.05, 0) is 50.1 Å². The molecule has 0 atom stereocenters. The number of hydrogen-bond acceptors (Lipinski definition) is 4. The summed E-state index contributed by atoms with van der Waals surface area (Å²) < 4.78 is 16.6. The van der Waals surface area contributed by atoms with Crippen molar-refractivity contribution in [3.63, 3.8) is 0 Å². The van der Waals surface area contributed by atoms with E-state index in [-0.39, 0.29) is 18.7 Å². The normalized spacial score (nSPS) is 12.7. The summed E-state index contributed by atoms with van der Waals surface area (Å²) in [4.78, 5) is 14.7. The molecule has 0 spiro atoms. The summed E-state index contributed by atoms with van der Waals surface area (Å²) in [7, 11) is 0. The number of furan rings is 1. The molecule has 0 bridgehead atoms. The molecule has 0 radical (unpaired) electrons. The Bertz CT molecular complexity index is 927. The van der Waals surface area contributed by atoms with E-state index in [0.29, 0.717) is 19.4 Å². The molecule has 0 fully saturated rings. The van der Waals surface area contributed by atoms with E-state index in [1.807, 2.05) is 67.3 Å². The number of fused-ring (bicyclic) bond motifs is 2. The summed E-state index contributed by atoms with van der Waals surface area (Å²) in [5.41, 5.74) is 1.92. The molecule has 0 unspecified atom stereocenters. The number of ether oxygens (including phenoxy) is 2. The highest BCUT2D eigenvalue weighted by molar-refractivity contribution is 5.79. The molecule has 0 N–H and O–H groups in total. The Labute approximate surface area is 158 Å². The van der Waals surface area contributed by atoms with Crippen LogP contribution in [0.25, 0.3) is 11.0 Å². The van der Waals surface area contributed by atoms with Crippen LogP contribution in [0.5, 0.6) is 11.5 Å². The molecule has 5 heteroatoms. The average Bonchev–Trinajstić information content (AvgIpc) is 3.29. The van der Waals surface area contributed by atoms with Crippen LogP contribution in [0.1, 0.15) is 31.6 Å². The molecule has 1 amide bonds. The van der Waals surface area contributed by atoms with E-state index in [0.717, 1.165) is 33.8 Å². The summed E-state index contributed by atoms with van der Waals surface area (Å²) in [5, 5.41) is 1.06. The number of hydrogen-bond donors (Lipinski definition) is 0. The number of nitrogens with zero attached hydrogens (tertiary/aromatic N) is 1. The highest BCUT2D eigenvalue weighted by Crippen LogP contribution is 2.32. The van der Waals surface area contributed by atoms with Crippen LogP contribution in [-0.4, -0.2) is 23.6 Å². The number of para-hydroxylation sites is 1. The molecule has 2 heterocycles. The van der Waals surface area contributed by atoms with Crippen molar-refractivity contribution < 1.29 is 18.7 Å². The van der Waals surface area contributed by atoms with Crippen LogP contribution in [0.3, 0.4) is 0 Å². The van der Waals surface area contributed by atoms with E-state index in [1.165, 1.54) is 0 Å². The molecule has 0 aliphatic carbocycles. The van der Waals surface area contributed by atoms with Gasteiger partial charge in [-0.25, -0.2) is 0 Å². The van der Waals surface area contributed by atoms with Crippen LogP contribution in [0.2, 0.25) is 0 Å². The maximum Gasteiger partial charge on any atom is 0.231 e. The topological polar surface area (TPSA) is 51.9 Å². The monoisotopic (exact) mass is 365 g/mol. The molecular weight excluding hydrogens is 342 g/mol. The number of amides is 1. The molecule has 4 rings (SSSR count). The summed E-state index contributed by atoms with van der Waals surface area (Å²) in [5.74, 6) is 2.44. The molecule has 27 heavy (non-hydrogen) atoms. The smallest absolute Gasteiger partial charge is 0.231 e. The van der Waals surface area contributed by atoms with Gasteiger partial charge in [-0.3, -0.25) is 4.79 Å². The zero-order valence-corrected chi connectivity index (χ0v) is 15.6. The molecule has 0 saturated heterocycles. The van der Waals surface area contributed by atoms with Gasteiger partial charge in [0.1, 0.15) is 11.3 Å². The SMILES string of the molecule is CC(C)N(Cc1cc2ccccc2o1)C(=O)CCc1ccc2c(c1)OCO2. The maximum atomic E-state index is 12.8. The first kappa shape index (κ1) is 17.5. The van der Waals surface area contributed by atoms with Crippen LogP contribution < -0.4 is 9.47 Å². The minimum atomic E-state index is 0.0995. The predicted octanol–water partition coefficient (Wildman–Crippen LogP) is 4.53. The van der Waals surface area contributed by atoms with E-state index in [2.05, 4.69) is 0 Å². The van der Waals surface area contributed by atoms with Gasteiger partial charge in [0.2, 0.25) is 12.7 Å². The number of carbonyl (C=O) groups excluding carboxylic acids is 1. The quantitative estimate of drug-likeness (QED) is 0.644. The lowest BCUT2D eigenvalue weighted by Crippen LogP contribution is -2.36. The Morgan fingerprint density at radius 1 is 1.07 bits per heavy atom. The fourth-order valence-corrected chi connectivity index (χ4v) is 3.33. The number of carbonyl (C=O) groups is 1. The van der Waals surface area contributed by atoms with Crippen LogP contribution in [0.4, 0.5) is 0 Å². The summed E-state index contributed by atoms with van der Waals surface area (Å²) >= 11 is 0. The molecule has 1 aliphatic rings. The Morgan fingerprint density at radius 2 is 1.89 bits per heavy atom. The van der Waals surface area contributed by atoms with Crippen LogP contribution in [-0.2, 0) is 17.8 Å². The average molecular weight is 365 g/mol. The van der Waals surface area contributed by atoms with Crippen molar-refractivity contribution in [3.05, 3.63) is 59.9 Å². The first-order valence-electron chi connectivity index (χ1n) is 9.25. The Balaban J connectivity index is 1.42. The van der Waals surface area contributed by atoms with Crippen molar-refractivity contribution >= 4 is 16.9 Å². The van der Waals surface area contributed by atoms with Crippen molar-refractivity contribution in [2.45, 2.75) is 39.3 Å². The van der Waals surface area contributed by atoms with Gasteiger partial charge in [-0.2, -0.15) is 0 Å². The van der Waals surface area contributed by atoms with E-state index < -0.39 is 0 Å². The zero-order valence-electron chi connectivity index (χ0n) is 15.6. The molecular formula is C22H23NO4. The lowest BCUT2D eigenvalue weighted by Gasteiger charge is -2.26. The second kappa shape index (κ2) is 7.35. The van der Waals surface area contributed by atoms with Crippen molar-refractivity contribution in [2.75, 3.05) is 6.79 Å². The highest BCUT2D eigenvalue weighted by Gasteiger charge is 2.20. The third-order valence-electron chi connectivity index (χ3n) is 4.81. The van der Waals surface area contributed by atoms with Gasteiger partial charge in [0.15, 0.2) is 11.5 Å². The van der Waals surface area contributed by atoms with Gasteiger partial charge in [0, 0.05) is 17.8 Å². The van der Waals surface area contributed by atoms with Gasteiger partial charge < -0.3 is 18.8 Å². The summed E-state index contributed by atoms with van der Waals surface area (Å²) in [6.45, 7) is 4.80. The largest absolute Gasteiger partial charge is 0.459 e. The molecule has 140 valence electrons. The lowest BCUT2D eigenvalue weighted by atomic mass is 10.1. The highest BCUT2D eigenvalue weighted by atomic mass is 16.7. The van der Waals surface area contributed by atoms with E-state index in [9.17, 15) is 4.79 Å². The van der Waals surface area contributed by atoms with Crippen LogP contribution >= 0.6 is 0 Å². The van der Waals surface area contributed by atoms with Crippen molar-refractivity contribution in [1.29, 1.82) is 0 Å². The molecule has 5 nitrogen and oxygen atoms in total. The van der Waals surface area contributed by atoms with Crippen molar-refractivity contribution in [3.8, 4) is 11.5 Å². The number of rotatable bonds is 6. The standard InChI is InChI=1S/C22H23NO4/c1-15(2)23(13-18-12-17-5-3-4-6-19(17)27-18)22(24)10-8-16-7-9-20-21(11-16)26-14-25-20/h3-7,9,11-12,15H,8,10,13-14H2,1-2H3. The maximum absolute atomic E-state index is 12.8. The second-order valence-electron chi connectivity index (χ2n) is 7.05. The number of benzene rings is 2. The first-order valence-corrected chi connectivity index (χ1v) is 9.25. The van der Waals surface area contributed by atoms with Crippen LogP contribution in [0.15, 0.2) is 52.9 Å². The van der Waals surface area contributed by atoms with E-state index >= 15 is 0 Å². The van der Waals surface area contributed by atoms with Crippen molar-refractivity contribution in [2.24, 2.45) is 0 Å². The summed E-state index contributed by atoms with van der Waals surface area (Å²) in [6, 6.07) is 15.8. The van der Waals surface area contributed by atoms with Crippen molar-refractivity contribution in [1.82, 2.24) is 4.90 Å². The Kier molecular flexibility index (Phi) is 4.75. The molecule has 3 aromatic rings. The third-order valence-corrected chi connectivity index (χ3v) is 4.81. The minimum Gasteiger partial charge on any atom is -0.459 e. The lowest BCUT2D eigenvalue weighted by molar-refractivity contribution is -0.133. The number of aryl methyl sites for hydroxylation is 1. The fraction of sp³-hybridized carbons (Fsp3) is 0.318. The first-order chi connectivity index (χ1) is 13.1. The molecule has 0 saturated carbocycles. The van der Waals surface area contributed by atoms with Gasteiger partial charge in [0.25, 0.3) is 0 Å². The Hall–Kier alpha value is -2.95. The minimum absolute atomic E-state index is 0.0995. The van der Waals surface area contributed by atoms with Gasteiger partial charge in [0.05, 0.1) is 6.54 Å².